The van der Waals surface area contributed by atoms with Crippen molar-refractivity contribution in [2.75, 3.05) is 26.4 Å². The number of ether oxygens (including phenoxy) is 3. The minimum Gasteiger partial charge on any atom is -0.424 e. The third-order valence-corrected chi connectivity index (χ3v) is 11.7. The van der Waals surface area contributed by atoms with E-state index in [0.717, 1.165) is 89.8 Å². The van der Waals surface area contributed by atoms with Crippen LogP contribution in [-0.4, -0.2) is 57.4 Å². The fraction of sp³-hybridized carbons (Fsp3) is 0.569. The fourth-order valence-corrected chi connectivity index (χ4v) is 8.23. The van der Waals surface area contributed by atoms with Gasteiger partial charge in [0.25, 0.3) is 0 Å². The first-order valence-corrected chi connectivity index (χ1v) is 24.1. The number of pyridine rings is 3. The number of carbonyl (C=O) groups excluding carboxylic acids is 1. The average molecular weight is 905 g/mol. The predicted molar refractivity (Wildman–Crippen MR) is 257 cm³/mol. The van der Waals surface area contributed by atoms with Crippen LogP contribution in [0.1, 0.15) is 146 Å². The molecule has 4 aromatic heterocycles. The van der Waals surface area contributed by atoms with Crippen molar-refractivity contribution in [1.82, 2.24) is 25.0 Å². The van der Waals surface area contributed by atoms with Gasteiger partial charge in [0.1, 0.15) is 17.8 Å². The average Bonchev–Trinajstić information content (AvgIpc) is 3.76. The van der Waals surface area contributed by atoms with Gasteiger partial charge >= 0.3 is 5.97 Å². The number of aromatic nitrogens is 6. The van der Waals surface area contributed by atoms with Crippen LogP contribution in [0, 0.1) is 0 Å². The van der Waals surface area contributed by atoms with Crippen molar-refractivity contribution in [2.24, 2.45) is 0 Å². The lowest BCUT2D eigenvalue weighted by molar-refractivity contribution is -0.697. The van der Waals surface area contributed by atoms with Gasteiger partial charge in [-0.05, 0) is 87.3 Å². The number of nitrogens with zero attached hydrogens (tertiary/aromatic N) is 6. The van der Waals surface area contributed by atoms with Gasteiger partial charge in [0.05, 0.1) is 16.8 Å². The topological polar surface area (TPSA) is 105 Å². The lowest BCUT2D eigenvalue weighted by Gasteiger charge is -2.11. The zero-order chi connectivity index (χ0) is 43.3. The van der Waals surface area contributed by atoms with Crippen molar-refractivity contribution in [3.63, 3.8) is 0 Å². The predicted octanol–water partition coefficient (Wildman–Crippen LogP) is 12.5. The first-order valence-electron chi connectivity index (χ1n) is 23.8. The van der Waals surface area contributed by atoms with E-state index in [0.29, 0.717) is 27.5 Å². The zero-order valence-electron chi connectivity index (χ0n) is 37.9. The third kappa shape index (κ3) is 20.6. The number of unbranched alkanes of at least 4 members (excludes halogenated alkanes) is 16. The molecule has 0 aliphatic carbocycles. The molecule has 0 radical (unpaired) electrons. The summed E-state index contributed by atoms with van der Waals surface area (Å²) in [6.07, 6.45) is 38.9. The van der Waals surface area contributed by atoms with Crippen molar-refractivity contribution in [2.45, 2.75) is 161 Å². The Hall–Kier alpha value is -3.96. The van der Waals surface area contributed by atoms with E-state index < -0.39 is 5.97 Å². The van der Waals surface area contributed by atoms with Gasteiger partial charge in [-0.25, -0.2) is 4.57 Å². The molecule has 5 aromatic rings. The van der Waals surface area contributed by atoms with Crippen LogP contribution in [0.4, 0.5) is 0 Å². The van der Waals surface area contributed by atoms with E-state index in [1.807, 2.05) is 35.4 Å². The van der Waals surface area contributed by atoms with Crippen LogP contribution in [-0.2, 0) is 40.2 Å². The highest BCUT2D eigenvalue weighted by Gasteiger charge is 2.19. The van der Waals surface area contributed by atoms with Gasteiger partial charge < -0.3 is 14.2 Å². The number of halogens is 2. The standard InChI is InChI=1S/C51H72ClN6O4.ClH/c1-43(59)62-51-47(39-48(52)46-29-21-31-54-50(46)51)49-42-58(56-55-49)34-17-13-9-4-2-3-6-10-14-19-36-61-38-24-28-45-26-22-33-57(41-45)32-16-12-8-5-7-11-15-18-35-60-37-23-27-44-25-20-30-53-40-44;/h20-22,25-26,29-31,33,39-42H,2-19,23-24,27-28,32,34-38H2,1H3;1H/q+1;. The number of benzene rings is 1. The highest BCUT2D eigenvalue weighted by Crippen LogP contribution is 2.39. The van der Waals surface area contributed by atoms with Gasteiger partial charge in [-0.2, -0.15) is 0 Å². The fourth-order valence-electron chi connectivity index (χ4n) is 7.97. The van der Waals surface area contributed by atoms with Crippen molar-refractivity contribution in [1.29, 1.82) is 0 Å². The Morgan fingerprint density at radius 1 is 0.698 bits per heavy atom. The molecule has 0 atom stereocenters. The van der Waals surface area contributed by atoms with Gasteiger partial charge in [0.15, 0.2) is 18.1 Å². The van der Waals surface area contributed by atoms with E-state index in [-0.39, 0.29) is 12.4 Å². The van der Waals surface area contributed by atoms with Crippen LogP contribution in [0.2, 0.25) is 5.02 Å². The monoisotopic (exact) mass is 904 g/mol. The molecule has 1 aromatic carbocycles. The van der Waals surface area contributed by atoms with Crippen LogP contribution in [0.15, 0.2) is 79.6 Å². The Labute approximate surface area is 388 Å². The molecule has 0 bridgehead atoms. The summed E-state index contributed by atoms with van der Waals surface area (Å²) < 4.78 is 21.6. The molecule has 0 fully saturated rings. The normalized spacial score (nSPS) is 11.3. The van der Waals surface area contributed by atoms with Crippen LogP contribution >= 0.6 is 24.0 Å². The first kappa shape index (κ1) is 51.7. The first-order chi connectivity index (χ1) is 30.6. The number of hydrogen-bond acceptors (Lipinski definition) is 8. The SMILES string of the molecule is CC(=O)Oc1c(-c2cn(CCCCCCCCCCCCOCCCc3ccc[n+](CCCCCCCCCCOCCCc4cccnc4)c3)nn2)cc(Cl)c2cccnc12.Cl. The summed E-state index contributed by atoms with van der Waals surface area (Å²) in [7, 11) is 0. The zero-order valence-corrected chi connectivity index (χ0v) is 39.5. The van der Waals surface area contributed by atoms with Gasteiger partial charge in [0.2, 0.25) is 0 Å². The molecule has 0 amide bonds. The molecule has 0 unspecified atom stereocenters. The minimum absolute atomic E-state index is 0. The molecule has 4 heterocycles. The Bertz CT molecular complexity index is 1980. The highest BCUT2D eigenvalue weighted by molar-refractivity contribution is 6.36. The number of esters is 1. The second-order valence-corrected chi connectivity index (χ2v) is 17.1. The highest BCUT2D eigenvalue weighted by atomic mass is 35.5. The molecular formula is C51H73Cl2N6O4+. The van der Waals surface area contributed by atoms with Crippen LogP contribution in [0.5, 0.6) is 5.75 Å². The number of rotatable bonds is 34. The van der Waals surface area contributed by atoms with Gasteiger partial charge in [-0.15, -0.1) is 17.5 Å². The summed E-state index contributed by atoms with van der Waals surface area (Å²) in [5.41, 5.74) is 4.45. The number of carbonyl (C=O) groups is 1. The maximum atomic E-state index is 11.9. The molecule has 0 aliphatic heterocycles. The van der Waals surface area contributed by atoms with Crippen molar-refractivity contribution in [3.05, 3.63) is 95.8 Å². The smallest absolute Gasteiger partial charge is 0.308 e. The molecule has 0 saturated carbocycles. The molecule has 0 aliphatic rings. The number of aryl methyl sites for hydroxylation is 4. The molecule has 5 rings (SSSR count). The van der Waals surface area contributed by atoms with E-state index in [4.69, 9.17) is 25.8 Å². The number of fused-ring (bicyclic) bond motifs is 1. The van der Waals surface area contributed by atoms with Gasteiger partial charge in [0, 0.05) is 81.9 Å². The van der Waals surface area contributed by atoms with E-state index in [1.54, 1.807) is 18.3 Å². The van der Waals surface area contributed by atoms with Gasteiger partial charge in [-0.1, -0.05) is 106 Å². The molecular weight excluding hydrogens is 832 g/mol. The summed E-state index contributed by atoms with van der Waals surface area (Å²) in [5.74, 6) is -0.0657. The van der Waals surface area contributed by atoms with Gasteiger partial charge in [-0.3, -0.25) is 19.4 Å². The number of hydrogen-bond donors (Lipinski definition) is 0. The maximum Gasteiger partial charge on any atom is 0.308 e. The molecule has 10 nitrogen and oxygen atoms in total. The summed E-state index contributed by atoms with van der Waals surface area (Å²) >= 11 is 6.55. The molecule has 0 saturated heterocycles. The summed E-state index contributed by atoms with van der Waals surface area (Å²) in [5, 5.41) is 9.93. The van der Waals surface area contributed by atoms with Crippen molar-refractivity contribution in [3.8, 4) is 17.0 Å². The molecule has 12 heteroatoms. The second-order valence-electron chi connectivity index (χ2n) is 16.7. The largest absolute Gasteiger partial charge is 0.424 e. The summed E-state index contributed by atoms with van der Waals surface area (Å²) in [6, 6.07) is 14.0. The van der Waals surface area contributed by atoms with E-state index in [2.05, 4.69) is 55.4 Å². The Kier molecular flexibility index (Phi) is 26.1. The second kappa shape index (κ2) is 31.8. The van der Waals surface area contributed by atoms with Crippen LogP contribution < -0.4 is 9.30 Å². The lowest BCUT2D eigenvalue weighted by Crippen LogP contribution is -2.33. The molecule has 344 valence electrons. The lowest BCUT2D eigenvalue weighted by atomic mass is 10.1. The van der Waals surface area contributed by atoms with Crippen LogP contribution in [0.25, 0.3) is 22.2 Å². The quantitative estimate of drug-likeness (QED) is 0.0174. The van der Waals surface area contributed by atoms with Crippen molar-refractivity contribution < 1.29 is 23.6 Å². The minimum atomic E-state index is -0.424. The Morgan fingerprint density at radius 2 is 1.29 bits per heavy atom. The van der Waals surface area contributed by atoms with E-state index >= 15 is 0 Å². The third-order valence-electron chi connectivity index (χ3n) is 11.4. The summed E-state index contributed by atoms with van der Waals surface area (Å²) in [4.78, 5) is 20.5. The van der Waals surface area contributed by atoms with Crippen molar-refractivity contribution >= 4 is 40.9 Å². The van der Waals surface area contributed by atoms with E-state index in [9.17, 15) is 4.79 Å². The van der Waals surface area contributed by atoms with Crippen LogP contribution in [0.3, 0.4) is 0 Å². The maximum absolute atomic E-state index is 11.9. The molecule has 63 heavy (non-hydrogen) atoms. The van der Waals surface area contributed by atoms with E-state index in [1.165, 1.54) is 114 Å². The summed E-state index contributed by atoms with van der Waals surface area (Å²) in [6.45, 7) is 6.76. The molecule has 0 N–H and O–H groups in total. The Balaban J connectivity index is 0.00000871. The Morgan fingerprint density at radius 3 is 1.94 bits per heavy atom. The molecule has 0 spiro atoms.